The van der Waals surface area contributed by atoms with E-state index >= 15 is 0 Å². The molecule has 28 heavy (non-hydrogen) atoms. The number of rotatable bonds is 4. The van der Waals surface area contributed by atoms with Crippen LogP contribution in [0.1, 0.15) is 40.7 Å². The minimum absolute atomic E-state index is 0.0218. The van der Waals surface area contributed by atoms with Crippen molar-refractivity contribution in [3.8, 4) is 0 Å². The predicted octanol–water partition coefficient (Wildman–Crippen LogP) is 3.44. The summed E-state index contributed by atoms with van der Waals surface area (Å²) in [5.74, 6) is -0.608. The average Bonchev–Trinajstić information content (AvgIpc) is 3.08. The van der Waals surface area contributed by atoms with Gasteiger partial charge in [-0.2, -0.15) is 0 Å². The average molecular weight is 404 g/mol. The summed E-state index contributed by atoms with van der Waals surface area (Å²) < 4.78 is 51.8. The number of benzene rings is 2. The molecule has 1 fully saturated rings. The summed E-state index contributed by atoms with van der Waals surface area (Å²) in [5, 5.41) is 0. The molecule has 5 nitrogen and oxygen atoms in total. The number of aryl methyl sites for hydroxylation is 1. The first-order chi connectivity index (χ1) is 13.4. The Hall–Kier alpha value is -2.09. The van der Waals surface area contributed by atoms with E-state index in [0.29, 0.717) is 50.0 Å². The number of methoxy groups -OCH3 is 1. The highest BCUT2D eigenvalue weighted by Gasteiger charge is 2.36. The predicted molar refractivity (Wildman–Crippen MR) is 99.7 cm³/mol. The number of ether oxygens (including phenoxy) is 2. The van der Waals surface area contributed by atoms with Crippen LogP contribution < -0.4 is 0 Å². The highest BCUT2D eigenvalue weighted by atomic mass is 32.2. The molecule has 0 bridgehead atoms. The van der Waals surface area contributed by atoms with Crippen molar-refractivity contribution in [2.45, 2.75) is 41.1 Å². The Bertz CT molecular complexity index is 1040. The van der Waals surface area contributed by atoms with Gasteiger partial charge >= 0.3 is 0 Å². The highest BCUT2D eigenvalue weighted by Crippen LogP contribution is 2.38. The van der Waals surface area contributed by atoms with Gasteiger partial charge in [-0.25, -0.2) is 12.8 Å². The van der Waals surface area contributed by atoms with Crippen molar-refractivity contribution in [3.05, 3.63) is 58.9 Å². The molecule has 0 saturated carbocycles. The Morgan fingerprint density at radius 1 is 1.04 bits per heavy atom. The van der Waals surface area contributed by atoms with E-state index in [0.717, 1.165) is 11.6 Å². The van der Waals surface area contributed by atoms with Crippen LogP contribution in [-0.4, -0.2) is 34.5 Å². The Morgan fingerprint density at radius 2 is 1.79 bits per heavy atom. The first-order valence-electron chi connectivity index (χ1n) is 9.21. The second-order valence-corrected chi connectivity index (χ2v) is 9.18. The molecule has 7 heteroatoms. The molecule has 2 aromatic carbocycles. The van der Waals surface area contributed by atoms with E-state index in [4.69, 9.17) is 9.47 Å². The van der Waals surface area contributed by atoms with Crippen LogP contribution in [0.5, 0.6) is 0 Å². The van der Waals surface area contributed by atoms with Crippen molar-refractivity contribution in [2.75, 3.05) is 20.3 Å². The second kappa shape index (κ2) is 7.06. The first kappa shape index (κ1) is 19.2. The lowest BCUT2D eigenvalue weighted by atomic mass is 9.86. The van der Waals surface area contributed by atoms with Crippen LogP contribution in [0, 0.1) is 5.82 Å². The molecular formula is C21H21FO5S. The number of Topliss-reactive ketones (excluding diaryl/α,β-unsaturated/α-hetero) is 1. The van der Waals surface area contributed by atoms with Crippen LogP contribution in [0.15, 0.2) is 46.2 Å². The van der Waals surface area contributed by atoms with Gasteiger partial charge in [0.05, 0.1) is 15.4 Å². The highest BCUT2D eigenvalue weighted by molar-refractivity contribution is 7.91. The summed E-state index contributed by atoms with van der Waals surface area (Å²) in [6.07, 6.45) is 1.96. The van der Waals surface area contributed by atoms with Gasteiger partial charge < -0.3 is 9.47 Å². The van der Waals surface area contributed by atoms with Gasteiger partial charge in [0.25, 0.3) is 0 Å². The fraction of sp³-hybridized carbons (Fsp3) is 0.381. The topological polar surface area (TPSA) is 69.7 Å². The van der Waals surface area contributed by atoms with Crippen LogP contribution in [0.2, 0.25) is 0 Å². The smallest absolute Gasteiger partial charge is 0.206 e. The number of carbonyl (C=O) groups excluding carboxylic acids is 1. The number of ketones is 1. The van der Waals surface area contributed by atoms with E-state index in [9.17, 15) is 17.6 Å². The van der Waals surface area contributed by atoms with E-state index in [2.05, 4.69) is 0 Å². The van der Waals surface area contributed by atoms with Crippen molar-refractivity contribution in [1.82, 2.24) is 0 Å². The third kappa shape index (κ3) is 3.17. The Balaban J connectivity index is 1.78. The SMILES string of the molecule is COC1(c2cc(F)cc(S(=O)(=O)c3ccc4c(c3)CCC4=O)c2)CCOCC1. The molecule has 148 valence electrons. The maximum absolute atomic E-state index is 14.4. The van der Waals surface area contributed by atoms with Gasteiger partial charge in [-0.15, -0.1) is 0 Å². The van der Waals surface area contributed by atoms with E-state index in [1.54, 1.807) is 13.2 Å². The molecule has 0 aromatic heterocycles. The van der Waals surface area contributed by atoms with Gasteiger partial charge in [0.1, 0.15) is 5.82 Å². The van der Waals surface area contributed by atoms with Gasteiger partial charge in [-0.05, 0) is 53.9 Å². The second-order valence-electron chi connectivity index (χ2n) is 7.23. The van der Waals surface area contributed by atoms with Crippen molar-refractivity contribution < 1.29 is 27.1 Å². The number of fused-ring (bicyclic) bond motifs is 1. The Kier molecular flexibility index (Phi) is 4.85. The van der Waals surface area contributed by atoms with Crippen LogP contribution in [0.25, 0.3) is 0 Å². The summed E-state index contributed by atoms with van der Waals surface area (Å²) in [5.41, 5.74) is 1.02. The van der Waals surface area contributed by atoms with E-state index < -0.39 is 21.3 Å². The van der Waals surface area contributed by atoms with Crippen molar-refractivity contribution in [1.29, 1.82) is 0 Å². The minimum Gasteiger partial charge on any atom is -0.381 e. The van der Waals surface area contributed by atoms with Gasteiger partial charge in [-0.1, -0.05) is 0 Å². The van der Waals surface area contributed by atoms with Crippen molar-refractivity contribution in [2.24, 2.45) is 0 Å². The Morgan fingerprint density at radius 3 is 2.50 bits per heavy atom. The van der Waals surface area contributed by atoms with Gasteiger partial charge in [0, 0.05) is 45.1 Å². The van der Waals surface area contributed by atoms with Crippen molar-refractivity contribution in [3.63, 3.8) is 0 Å². The molecule has 1 aliphatic carbocycles. The lowest BCUT2D eigenvalue weighted by Gasteiger charge is -2.36. The minimum atomic E-state index is -3.93. The number of carbonyl (C=O) groups is 1. The number of hydrogen-bond acceptors (Lipinski definition) is 5. The van der Waals surface area contributed by atoms with Gasteiger partial charge in [0.15, 0.2) is 5.78 Å². The molecule has 2 aliphatic rings. The summed E-state index contributed by atoms with van der Waals surface area (Å²) in [7, 11) is -2.39. The quantitative estimate of drug-likeness (QED) is 0.781. The molecule has 0 unspecified atom stereocenters. The molecule has 0 radical (unpaired) electrons. The van der Waals surface area contributed by atoms with E-state index in [1.165, 1.54) is 24.3 Å². The Labute approximate surface area is 163 Å². The van der Waals surface area contributed by atoms with E-state index in [-0.39, 0.29) is 15.6 Å². The molecule has 0 N–H and O–H groups in total. The zero-order valence-corrected chi connectivity index (χ0v) is 16.4. The molecule has 0 spiro atoms. The summed E-state index contributed by atoms with van der Waals surface area (Å²) in [6.45, 7) is 0.927. The van der Waals surface area contributed by atoms with Crippen LogP contribution in [-0.2, 0) is 31.3 Å². The fourth-order valence-electron chi connectivity index (χ4n) is 4.03. The normalized spacial score (nSPS) is 18.9. The number of halogens is 1. The third-order valence-corrected chi connectivity index (χ3v) is 7.44. The van der Waals surface area contributed by atoms with Gasteiger partial charge in [-0.3, -0.25) is 4.79 Å². The molecule has 0 amide bonds. The number of sulfone groups is 1. The fourth-order valence-corrected chi connectivity index (χ4v) is 5.39. The van der Waals surface area contributed by atoms with Crippen molar-refractivity contribution >= 4 is 15.6 Å². The van der Waals surface area contributed by atoms with Crippen LogP contribution in [0.4, 0.5) is 4.39 Å². The van der Waals surface area contributed by atoms with E-state index in [1.807, 2.05) is 0 Å². The summed E-state index contributed by atoms with van der Waals surface area (Å²) >= 11 is 0. The lowest BCUT2D eigenvalue weighted by Crippen LogP contribution is -2.35. The third-order valence-electron chi connectivity index (χ3n) is 5.71. The molecule has 0 atom stereocenters. The maximum Gasteiger partial charge on any atom is 0.206 e. The standard InChI is InChI=1S/C21H21FO5S/c1-26-21(6-8-27-9-7-21)15-11-16(22)13-18(12-15)28(24,25)17-3-4-19-14(10-17)2-5-20(19)23/h3-4,10-13H,2,5-9H2,1H3. The monoisotopic (exact) mass is 404 g/mol. The molecular weight excluding hydrogens is 383 g/mol. The first-order valence-corrected chi connectivity index (χ1v) is 10.7. The van der Waals surface area contributed by atoms with Crippen LogP contribution in [0.3, 0.4) is 0 Å². The van der Waals surface area contributed by atoms with Crippen LogP contribution >= 0.6 is 0 Å². The zero-order chi connectivity index (χ0) is 19.9. The molecule has 1 aliphatic heterocycles. The molecule has 2 aromatic rings. The maximum atomic E-state index is 14.4. The van der Waals surface area contributed by atoms with Gasteiger partial charge in [0.2, 0.25) is 9.84 Å². The lowest BCUT2D eigenvalue weighted by molar-refractivity contribution is -0.0950. The molecule has 4 rings (SSSR count). The summed E-state index contributed by atoms with van der Waals surface area (Å²) in [4.78, 5) is 11.8. The molecule has 1 heterocycles. The number of hydrogen-bond donors (Lipinski definition) is 0. The summed E-state index contributed by atoms with van der Waals surface area (Å²) in [6, 6.07) is 8.34. The largest absolute Gasteiger partial charge is 0.381 e. The molecule has 1 saturated heterocycles. The zero-order valence-electron chi connectivity index (χ0n) is 15.5.